The lowest BCUT2D eigenvalue weighted by Gasteiger charge is -2.49. The summed E-state index contributed by atoms with van der Waals surface area (Å²) in [6, 6.07) is 4.20. The van der Waals surface area contributed by atoms with Gasteiger partial charge in [-0.15, -0.1) is 5.10 Å². The van der Waals surface area contributed by atoms with Gasteiger partial charge in [-0.3, -0.25) is 0 Å². The number of hydrogen-bond acceptors (Lipinski definition) is 4. The third-order valence-corrected chi connectivity index (χ3v) is 4.00. The van der Waals surface area contributed by atoms with Crippen molar-refractivity contribution in [2.45, 2.75) is 39.3 Å². The van der Waals surface area contributed by atoms with Crippen molar-refractivity contribution in [3.05, 3.63) is 23.9 Å². The zero-order valence-corrected chi connectivity index (χ0v) is 10.9. The average Bonchev–Trinajstić information content (AvgIpc) is 2.70. The first kappa shape index (κ1) is 11.5. The number of fused-ring (bicyclic) bond motifs is 1. The zero-order chi connectivity index (χ0) is 12.9. The van der Waals surface area contributed by atoms with Crippen molar-refractivity contribution in [3.8, 4) is 0 Å². The van der Waals surface area contributed by atoms with E-state index >= 15 is 0 Å². The number of aliphatic hydroxyl groups excluding tert-OH is 1. The molecule has 0 saturated heterocycles. The minimum absolute atomic E-state index is 0.118. The van der Waals surface area contributed by atoms with Gasteiger partial charge in [0.25, 0.3) is 0 Å². The summed E-state index contributed by atoms with van der Waals surface area (Å²) >= 11 is 0. The first-order valence-corrected chi connectivity index (χ1v) is 6.24. The van der Waals surface area contributed by atoms with Crippen LogP contribution in [-0.4, -0.2) is 31.9 Å². The van der Waals surface area contributed by atoms with Crippen molar-refractivity contribution in [3.63, 3.8) is 0 Å². The van der Waals surface area contributed by atoms with Crippen LogP contribution in [0, 0.1) is 12.3 Å². The summed E-state index contributed by atoms with van der Waals surface area (Å²) in [6.07, 6.45) is 2.46. The molecule has 3 rings (SSSR count). The molecule has 1 aliphatic carbocycles. The summed E-state index contributed by atoms with van der Waals surface area (Å²) in [4.78, 5) is 4.43. The highest BCUT2D eigenvalue weighted by molar-refractivity contribution is 5.45. The van der Waals surface area contributed by atoms with E-state index in [1.54, 1.807) is 4.52 Å². The van der Waals surface area contributed by atoms with Crippen LogP contribution in [0.4, 0.5) is 5.95 Å². The number of nitrogens with zero attached hydrogens (tertiary/aromatic N) is 3. The number of aromatic nitrogens is 3. The van der Waals surface area contributed by atoms with E-state index in [0.29, 0.717) is 5.95 Å². The van der Waals surface area contributed by atoms with Crippen LogP contribution in [0.3, 0.4) is 0 Å². The SMILES string of the molecule is Cc1ccc2nc(NC3CC(O)C3(C)C)nn2c1. The first-order chi connectivity index (χ1) is 8.46. The van der Waals surface area contributed by atoms with Crippen molar-refractivity contribution in [1.82, 2.24) is 14.6 Å². The van der Waals surface area contributed by atoms with Gasteiger partial charge in [-0.05, 0) is 25.0 Å². The largest absolute Gasteiger partial charge is 0.392 e. The smallest absolute Gasteiger partial charge is 0.243 e. The summed E-state index contributed by atoms with van der Waals surface area (Å²) in [7, 11) is 0. The van der Waals surface area contributed by atoms with Gasteiger partial charge in [-0.2, -0.15) is 4.98 Å². The molecule has 0 spiro atoms. The average molecular weight is 246 g/mol. The van der Waals surface area contributed by atoms with E-state index in [1.807, 2.05) is 25.3 Å². The van der Waals surface area contributed by atoms with E-state index in [0.717, 1.165) is 17.6 Å². The van der Waals surface area contributed by atoms with E-state index in [1.165, 1.54) is 0 Å². The summed E-state index contributed by atoms with van der Waals surface area (Å²) in [6.45, 7) is 6.14. The molecule has 2 atom stereocenters. The van der Waals surface area contributed by atoms with Crippen molar-refractivity contribution < 1.29 is 5.11 Å². The van der Waals surface area contributed by atoms with Crippen LogP contribution in [0.25, 0.3) is 5.65 Å². The molecule has 96 valence electrons. The zero-order valence-electron chi connectivity index (χ0n) is 10.9. The van der Waals surface area contributed by atoms with Gasteiger partial charge >= 0.3 is 0 Å². The van der Waals surface area contributed by atoms with Crippen molar-refractivity contribution in [1.29, 1.82) is 0 Å². The molecule has 0 aromatic carbocycles. The molecule has 1 saturated carbocycles. The molecule has 2 aromatic rings. The number of nitrogens with one attached hydrogen (secondary N) is 1. The van der Waals surface area contributed by atoms with E-state index in [4.69, 9.17) is 0 Å². The molecule has 1 aliphatic rings. The second-order valence-electron chi connectivity index (χ2n) is 5.71. The van der Waals surface area contributed by atoms with Gasteiger partial charge in [-0.1, -0.05) is 19.9 Å². The Morgan fingerprint density at radius 1 is 1.44 bits per heavy atom. The third-order valence-electron chi connectivity index (χ3n) is 4.00. The number of anilines is 1. The first-order valence-electron chi connectivity index (χ1n) is 6.24. The molecular formula is C13H18N4O. The van der Waals surface area contributed by atoms with E-state index in [-0.39, 0.29) is 17.6 Å². The number of hydrogen-bond donors (Lipinski definition) is 2. The van der Waals surface area contributed by atoms with Gasteiger partial charge in [0.15, 0.2) is 5.65 Å². The topological polar surface area (TPSA) is 62.5 Å². The van der Waals surface area contributed by atoms with Crippen LogP contribution in [0.15, 0.2) is 18.3 Å². The maximum Gasteiger partial charge on any atom is 0.243 e. The van der Waals surface area contributed by atoms with Gasteiger partial charge in [0, 0.05) is 17.7 Å². The number of rotatable bonds is 2. The van der Waals surface area contributed by atoms with E-state index < -0.39 is 0 Å². The maximum atomic E-state index is 9.71. The molecule has 0 aliphatic heterocycles. The normalized spacial score (nSPS) is 26.0. The molecule has 0 amide bonds. The Labute approximate surface area is 106 Å². The number of aliphatic hydroxyl groups is 1. The van der Waals surface area contributed by atoms with Crippen LogP contribution in [0.2, 0.25) is 0 Å². The molecule has 2 N–H and O–H groups in total. The minimum atomic E-state index is -0.241. The van der Waals surface area contributed by atoms with Crippen LogP contribution in [0.5, 0.6) is 0 Å². The number of pyridine rings is 1. The summed E-state index contributed by atoms with van der Waals surface area (Å²) in [5, 5.41) is 17.4. The fourth-order valence-electron chi connectivity index (χ4n) is 2.35. The van der Waals surface area contributed by atoms with Gasteiger partial charge in [-0.25, -0.2) is 4.52 Å². The predicted molar refractivity (Wildman–Crippen MR) is 69.5 cm³/mol. The number of aryl methyl sites for hydroxylation is 1. The molecular weight excluding hydrogens is 228 g/mol. The summed E-state index contributed by atoms with van der Waals surface area (Å²) in [5.41, 5.74) is 1.87. The van der Waals surface area contributed by atoms with Crippen molar-refractivity contribution in [2.24, 2.45) is 5.41 Å². The Morgan fingerprint density at radius 3 is 2.89 bits per heavy atom. The lowest BCUT2D eigenvalue weighted by atomic mass is 9.65. The molecule has 2 heterocycles. The molecule has 0 bridgehead atoms. The highest BCUT2D eigenvalue weighted by atomic mass is 16.3. The van der Waals surface area contributed by atoms with Crippen molar-refractivity contribution >= 4 is 11.6 Å². The Bertz CT molecular complexity index is 590. The van der Waals surface area contributed by atoms with Crippen LogP contribution < -0.4 is 5.32 Å². The monoisotopic (exact) mass is 246 g/mol. The molecule has 18 heavy (non-hydrogen) atoms. The molecule has 1 fully saturated rings. The second kappa shape index (κ2) is 3.68. The van der Waals surface area contributed by atoms with Gasteiger partial charge in [0.2, 0.25) is 5.95 Å². The Kier molecular flexibility index (Phi) is 2.35. The molecule has 5 heteroatoms. The van der Waals surface area contributed by atoms with E-state index in [9.17, 15) is 5.11 Å². The lowest BCUT2D eigenvalue weighted by Crippen LogP contribution is -2.57. The standard InChI is InChI=1S/C13H18N4O/c1-8-4-5-11-15-12(16-17(11)7-8)14-9-6-10(18)13(9,2)3/h4-5,7,9-10,18H,6H2,1-3H3,(H,14,16). The summed E-state index contributed by atoms with van der Waals surface area (Å²) < 4.78 is 1.78. The predicted octanol–water partition coefficient (Wildman–Crippen LogP) is 1.61. The molecule has 2 unspecified atom stereocenters. The highest BCUT2D eigenvalue weighted by Crippen LogP contribution is 2.41. The van der Waals surface area contributed by atoms with Crippen LogP contribution >= 0.6 is 0 Å². The van der Waals surface area contributed by atoms with Crippen LogP contribution in [-0.2, 0) is 0 Å². The minimum Gasteiger partial charge on any atom is -0.392 e. The van der Waals surface area contributed by atoms with Crippen LogP contribution in [0.1, 0.15) is 25.8 Å². The molecule has 2 aromatic heterocycles. The Hall–Kier alpha value is -1.62. The van der Waals surface area contributed by atoms with Gasteiger partial charge in [0.1, 0.15) is 0 Å². The highest BCUT2D eigenvalue weighted by Gasteiger charge is 2.47. The maximum absolute atomic E-state index is 9.71. The fourth-order valence-corrected chi connectivity index (χ4v) is 2.35. The molecule has 5 nitrogen and oxygen atoms in total. The Balaban J connectivity index is 1.84. The van der Waals surface area contributed by atoms with E-state index in [2.05, 4.69) is 29.2 Å². The Morgan fingerprint density at radius 2 is 2.22 bits per heavy atom. The summed E-state index contributed by atoms with van der Waals surface area (Å²) in [5.74, 6) is 0.630. The third kappa shape index (κ3) is 1.66. The molecule has 0 radical (unpaired) electrons. The van der Waals surface area contributed by atoms with Gasteiger partial charge < -0.3 is 10.4 Å². The van der Waals surface area contributed by atoms with Crippen molar-refractivity contribution in [2.75, 3.05) is 5.32 Å². The van der Waals surface area contributed by atoms with Gasteiger partial charge in [0.05, 0.1) is 6.10 Å². The lowest BCUT2D eigenvalue weighted by molar-refractivity contribution is -0.0512. The fraction of sp³-hybridized carbons (Fsp3) is 0.538. The quantitative estimate of drug-likeness (QED) is 0.845. The second-order valence-corrected chi connectivity index (χ2v) is 5.71.